The number of aromatic nitrogens is 2. The number of ether oxygens (including phenoxy) is 1. The molecule has 21 heavy (non-hydrogen) atoms. The third-order valence-corrected chi connectivity index (χ3v) is 4.10. The summed E-state index contributed by atoms with van der Waals surface area (Å²) < 4.78 is 10.9. The van der Waals surface area contributed by atoms with Gasteiger partial charge in [-0.1, -0.05) is 42.4 Å². The molecule has 0 bridgehead atoms. The molecule has 2 heterocycles. The molecule has 1 N–H and O–H groups in total. The number of rotatable bonds is 5. The summed E-state index contributed by atoms with van der Waals surface area (Å²) in [6.07, 6.45) is 1.77. The molecule has 1 saturated heterocycles. The minimum Gasteiger partial charge on any atom is -0.381 e. The summed E-state index contributed by atoms with van der Waals surface area (Å²) in [7, 11) is 0. The van der Waals surface area contributed by atoms with Gasteiger partial charge in [-0.25, -0.2) is 0 Å². The highest BCUT2D eigenvalue weighted by Crippen LogP contribution is 2.39. The van der Waals surface area contributed by atoms with E-state index < -0.39 is 0 Å². The second-order valence-corrected chi connectivity index (χ2v) is 5.35. The lowest BCUT2D eigenvalue weighted by molar-refractivity contribution is 0.0597. The first-order valence-electron chi connectivity index (χ1n) is 7.52. The van der Waals surface area contributed by atoms with Crippen LogP contribution in [-0.4, -0.2) is 29.9 Å². The Hall–Kier alpha value is -1.72. The maximum Gasteiger partial charge on any atom is 0.240 e. The van der Waals surface area contributed by atoms with E-state index in [9.17, 15) is 0 Å². The maximum absolute atomic E-state index is 5.54. The van der Waals surface area contributed by atoms with Crippen LogP contribution in [0.15, 0.2) is 34.9 Å². The maximum atomic E-state index is 5.54. The van der Waals surface area contributed by atoms with Crippen LogP contribution in [0.4, 0.5) is 0 Å². The molecule has 0 unspecified atom stereocenters. The zero-order chi connectivity index (χ0) is 14.5. The standard InChI is InChI=1S/C16H21N3O2/c1-2-17-12-14-18-15(19-21-14)16(8-10-20-11-9-16)13-6-4-3-5-7-13/h3-7,17H,2,8-12H2,1H3. The van der Waals surface area contributed by atoms with E-state index in [4.69, 9.17) is 9.26 Å². The van der Waals surface area contributed by atoms with E-state index in [-0.39, 0.29) is 5.41 Å². The summed E-state index contributed by atoms with van der Waals surface area (Å²) in [5.74, 6) is 1.43. The number of nitrogens with one attached hydrogen (secondary N) is 1. The molecule has 0 amide bonds. The number of benzene rings is 1. The average Bonchev–Trinajstić information content (AvgIpc) is 3.04. The fourth-order valence-corrected chi connectivity index (χ4v) is 2.87. The summed E-state index contributed by atoms with van der Waals surface area (Å²) in [5.41, 5.74) is 1.05. The summed E-state index contributed by atoms with van der Waals surface area (Å²) in [6, 6.07) is 10.4. The first-order valence-corrected chi connectivity index (χ1v) is 7.52. The first kappa shape index (κ1) is 14.2. The van der Waals surface area contributed by atoms with Crippen LogP contribution in [0.5, 0.6) is 0 Å². The summed E-state index contributed by atoms with van der Waals surface area (Å²) in [6.45, 7) is 5.01. The Morgan fingerprint density at radius 2 is 1.95 bits per heavy atom. The molecular formula is C16H21N3O2. The molecule has 1 fully saturated rings. The van der Waals surface area contributed by atoms with Crippen molar-refractivity contribution < 1.29 is 9.26 Å². The zero-order valence-electron chi connectivity index (χ0n) is 12.3. The lowest BCUT2D eigenvalue weighted by Crippen LogP contribution is -2.36. The highest BCUT2D eigenvalue weighted by Gasteiger charge is 2.40. The Morgan fingerprint density at radius 3 is 2.67 bits per heavy atom. The minimum absolute atomic E-state index is 0.187. The molecule has 1 aromatic heterocycles. The molecule has 1 aliphatic rings. The van der Waals surface area contributed by atoms with Gasteiger partial charge in [0.25, 0.3) is 0 Å². The van der Waals surface area contributed by atoms with Gasteiger partial charge in [0.1, 0.15) is 0 Å². The SMILES string of the molecule is CCNCc1nc(C2(c3ccccc3)CCOCC2)no1. The van der Waals surface area contributed by atoms with Gasteiger partial charge in [-0.2, -0.15) is 4.98 Å². The van der Waals surface area contributed by atoms with E-state index >= 15 is 0 Å². The minimum atomic E-state index is -0.187. The normalized spacial score (nSPS) is 17.8. The molecule has 5 nitrogen and oxygen atoms in total. The Kier molecular flexibility index (Phi) is 4.31. The predicted molar refractivity (Wildman–Crippen MR) is 79.0 cm³/mol. The molecule has 5 heteroatoms. The summed E-state index contributed by atoms with van der Waals surface area (Å²) >= 11 is 0. The van der Waals surface area contributed by atoms with Gasteiger partial charge < -0.3 is 14.6 Å². The Balaban J connectivity index is 1.94. The molecule has 112 valence electrons. The van der Waals surface area contributed by atoms with Crippen molar-refractivity contribution in [1.82, 2.24) is 15.5 Å². The molecule has 0 aliphatic carbocycles. The predicted octanol–water partition coefficient (Wildman–Crippen LogP) is 2.28. The Labute approximate surface area is 124 Å². The van der Waals surface area contributed by atoms with Crippen LogP contribution in [0.25, 0.3) is 0 Å². The van der Waals surface area contributed by atoms with Gasteiger partial charge in [0, 0.05) is 13.2 Å². The molecule has 0 radical (unpaired) electrons. The fourth-order valence-electron chi connectivity index (χ4n) is 2.87. The van der Waals surface area contributed by atoms with Crippen molar-refractivity contribution in [3.63, 3.8) is 0 Å². The Morgan fingerprint density at radius 1 is 1.19 bits per heavy atom. The second-order valence-electron chi connectivity index (χ2n) is 5.35. The molecule has 1 aromatic carbocycles. The van der Waals surface area contributed by atoms with Crippen molar-refractivity contribution in [3.05, 3.63) is 47.6 Å². The van der Waals surface area contributed by atoms with Crippen molar-refractivity contribution in [1.29, 1.82) is 0 Å². The number of hydrogen-bond acceptors (Lipinski definition) is 5. The molecule has 1 aliphatic heterocycles. The van der Waals surface area contributed by atoms with Crippen LogP contribution >= 0.6 is 0 Å². The van der Waals surface area contributed by atoms with E-state index in [1.54, 1.807) is 0 Å². The lowest BCUT2D eigenvalue weighted by Gasteiger charge is -2.34. The molecule has 3 rings (SSSR count). The van der Waals surface area contributed by atoms with Crippen molar-refractivity contribution in [2.45, 2.75) is 31.7 Å². The lowest BCUT2D eigenvalue weighted by atomic mass is 9.73. The zero-order valence-corrected chi connectivity index (χ0v) is 12.3. The van der Waals surface area contributed by atoms with Crippen molar-refractivity contribution in [2.24, 2.45) is 0 Å². The molecule has 0 atom stereocenters. The van der Waals surface area contributed by atoms with E-state index in [0.717, 1.165) is 38.4 Å². The molecule has 0 saturated carbocycles. The van der Waals surface area contributed by atoms with E-state index in [1.807, 2.05) is 6.07 Å². The number of hydrogen-bond donors (Lipinski definition) is 1. The van der Waals surface area contributed by atoms with Gasteiger partial charge in [0.15, 0.2) is 5.82 Å². The third kappa shape index (κ3) is 2.84. The van der Waals surface area contributed by atoms with Crippen LogP contribution in [0.2, 0.25) is 0 Å². The monoisotopic (exact) mass is 287 g/mol. The van der Waals surface area contributed by atoms with Gasteiger partial charge in [-0.05, 0) is 24.9 Å². The van der Waals surface area contributed by atoms with Crippen molar-refractivity contribution >= 4 is 0 Å². The smallest absolute Gasteiger partial charge is 0.240 e. The van der Waals surface area contributed by atoms with Crippen LogP contribution in [0.3, 0.4) is 0 Å². The van der Waals surface area contributed by atoms with Crippen LogP contribution in [0, 0.1) is 0 Å². The van der Waals surface area contributed by atoms with Gasteiger partial charge in [0.2, 0.25) is 5.89 Å². The van der Waals surface area contributed by atoms with Crippen LogP contribution in [0.1, 0.15) is 37.0 Å². The van der Waals surface area contributed by atoms with E-state index in [2.05, 4.69) is 46.6 Å². The number of nitrogens with zero attached hydrogens (tertiary/aromatic N) is 2. The topological polar surface area (TPSA) is 60.2 Å². The third-order valence-electron chi connectivity index (χ3n) is 4.10. The molecular weight excluding hydrogens is 266 g/mol. The van der Waals surface area contributed by atoms with Gasteiger partial charge in [-0.3, -0.25) is 0 Å². The van der Waals surface area contributed by atoms with Crippen LogP contribution < -0.4 is 5.32 Å². The second kappa shape index (κ2) is 6.37. The first-order chi connectivity index (χ1) is 10.3. The molecule has 2 aromatic rings. The average molecular weight is 287 g/mol. The van der Waals surface area contributed by atoms with E-state index in [0.29, 0.717) is 12.4 Å². The van der Waals surface area contributed by atoms with Gasteiger partial charge >= 0.3 is 0 Å². The Bertz CT molecular complexity index is 562. The van der Waals surface area contributed by atoms with E-state index in [1.165, 1.54) is 5.56 Å². The summed E-state index contributed by atoms with van der Waals surface area (Å²) in [4.78, 5) is 4.62. The van der Waals surface area contributed by atoms with Gasteiger partial charge in [-0.15, -0.1) is 0 Å². The van der Waals surface area contributed by atoms with Crippen molar-refractivity contribution in [2.75, 3.05) is 19.8 Å². The van der Waals surface area contributed by atoms with Gasteiger partial charge in [0.05, 0.1) is 12.0 Å². The largest absolute Gasteiger partial charge is 0.381 e. The molecule has 0 spiro atoms. The van der Waals surface area contributed by atoms with Crippen LogP contribution in [-0.2, 0) is 16.7 Å². The summed E-state index contributed by atoms with van der Waals surface area (Å²) in [5, 5.41) is 7.47. The quantitative estimate of drug-likeness (QED) is 0.914. The highest BCUT2D eigenvalue weighted by atomic mass is 16.5. The highest BCUT2D eigenvalue weighted by molar-refractivity contribution is 5.33. The fraction of sp³-hybridized carbons (Fsp3) is 0.500. The van der Waals surface area contributed by atoms with Crippen molar-refractivity contribution in [3.8, 4) is 0 Å².